The quantitative estimate of drug-likeness (QED) is 0.450. The molecule has 0 saturated heterocycles. The van der Waals surface area contributed by atoms with Gasteiger partial charge in [0.15, 0.2) is 10.3 Å². The molecule has 23 heavy (non-hydrogen) atoms. The Morgan fingerprint density at radius 2 is 1.74 bits per heavy atom. The Bertz CT molecular complexity index is 763. The first kappa shape index (κ1) is 18.2. The molecule has 0 bridgehead atoms. The van der Waals surface area contributed by atoms with Gasteiger partial charge in [0.05, 0.1) is 5.69 Å². The number of halogens is 2. The molecule has 2 heterocycles. The summed E-state index contributed by atoms with van der Waals surface area (Å²) in [7, 11) is 0. The van der Waals surface area contributed by atoms with Crippen molar-refractivity contribution in [2.24, 2.45) is 0 Å². The lowest BCUT2D eigenvalue weighted by Gasteiger charge is -2.15. The largest absolute Gasteiger partial charge is 0.478 e. The maximum atomic E-state index is 11.4. The number of aliphatic hydroxyl groups is 1. The molecule has 0 aliphatic rings. The third-order valence-electron chi connectivity index (χ3n) is 2.75. The number of hydrogen-bond acceptors (Lipinski definition) is 8. The molecule has 1 atom stereocenters. The summed E-state index contributed by atoms with van der Waals surface area (Å²) in [5, 5.41) is 20.2. The molecule has 2 rings (SSSR count). The van der Waals surface area contributed by atoms with E-state index in [1.54, 1.807) is 12.5 Å². The predicted octanol–water partition coefficient (Wildman–Crippen LogP) is 2.80. The van der Waals surface area contributed by atoms with Gasteiger partial charge in [0.25, 0.3) is 0 Å². The van der Waals surface area contributed by atoms with Crippen molar-refractivity contribution < 1.29 is 15.0 Å². The molecule has 1 unspecified atom stereocenters. The highest BCUT2D eigenvalue weighted by Crippen LogP contribution is 2.32. The van der Waals surface area contributed by atoms with Crippen LogP contribution in [0.3, 0.4) is 0 Å². The summed E-state index contributed by atoms with van der Waals surface area (Å²) in [5.41, 5.74) is -0.417. The van der Waals surface area contributed by atoms with Gasteiger partial charge in [-0.25, -0.2) is 24.7 Å². The Balaban J connectivity index is 2.60. The third kappa shape index (κ3) is 3.86. The zero-order valence-electron chi connectivity index (χ0n) is 11.8. The first-order valence-corrected chi connectivity index (χ1v) is 9.18. The monoisotopic (exact) mass is 392 g/mol. The number of thioether (sulfide) groups is 2. The maximum Gasteiger partial charge on any atom is 0.340 e. The second kappa shape index (κ2) is 7.63. The van der Waals surface area contributed by atoms with Crippen LogP contribution in [0.5, 0.6) is 0 Å². The molecule has 0 aromatic carbocycles. The molecule has 0 aliphatic heterocycles. The topological polar surface area (TPSA) is 109 Å². The highest BCUT2D eigenvalue weighted by atomic mass is 35.5. The van der Waals surface area contributed by atoms with Gasteiger partial charge in [-0.2, -0.15) is 0 Å². The molecule has 0 aliphatic carbocycles. The standard InChI is InChI=1S/C12H10Cl2N4O3S2/c1-22-11-15-3-4(8(13)17-11)7(19)6-5(10(20)21)9(14)18-12(16-6)23-2/h3,7,19H,1-2H3,(H,20,21). The van der Waals surface area contributed by atoms with Gasteiger partial charge < -0.3 is 10.2 Å². The number of aromatic nitrogens is 4. The maximum absolute atomic E-state index is 11.4. The van der Waals surface area contributed by atoms with Crippen LogP contribution in [0, 0.1) is 0 Å². The molecule has 11 heteroatoms. The molecule has 2 aromatic heterocycles. The van der Waals surface area contributed by atoms with E-state index in [-0.39, 0.29) is 32.3 Å². The summed E-state index contributed by atoms with van der Waals surface area (Å²) >= 11 is 14.4. The lowest BCUT2D eigenvalue weighted by atomic mass is 10.1. The van der Waals surface area contributed by atoms with Crippen LogP contribution >= 0.6 is 46.7 Å². The normalized spacial score (nSPS) is 12.2. The van der Waals surface area contributed by atoms with Crippen molar-refractivity contribution in [2.75, 3.05) is 12.5 Å². The minimum atomic E-state index is -1.45. The fourth-order valence-corrected chi connectivity index (χ4v) is 3.00. The summed E-state index contributed by atoms with van der Waals surface area (Å²) in [6.07, 6.45) is 3.35. The fraction of sp³-hybridized carbons (Fsp3) is 0.250. The average Bonchev–Trinajstić information content (AvgIpc) is 2.52. The molecule has 0 spiro atoms. The van der Waals surface area contributed by atoms with Crippen molar-refractivity contribution in [3.05, 3.63) is 33.3 Å². The number of aliphatic hydroxyl groups excluding tert-OH is 1. The number of carboxylic acids is 1. The van der Waals surface area contributed by atoms with Crippen molar-refractivity contribution in [1.29, 1.82) is 0 Å². The van der Waals surface area contributed by atoms with Gasteiger partial charge in [0.1, 0.15) is 22.0 Å². The second-order valence-corrected chi connectivity index (χ2v) is 6.33. The second-order valence-electron chi connectivity index (χ2n) is 4.07. The van der Waals surface area contributed by atoms with Crippen LogP contribution in [0.25, 0.3) is 0 Å². The van der Waals surface area contributed by atoms with Gasteiger partial charge >= 0.3 is 5.97 Å². The first-order valence-electron chi connectivity index (χ1n) is 5.98. The van der Waals surface area contributed by atoms with Gasteiger partial charge in [0, 0.05) is 11.8 Å². The number of hydrogen-bond donors (Lipinski definition) is 2. The molecule has 0 radical (unpaired) electrons. The highest BCUT2D eigenvalue weighted by Gasteiger charge is 2.27. The van der Waals surface area contributed by atoms with E-state index in [0.717, 1.165) is 11.8 Å². The summed E-state index contributed by atoms with van der Waals surface area (Å²) in [4.78, 5) is 27.3. The summed E-state index contributed by atoms with van der Waals surface area (Å²) in [6.45, 7) is 0. The Morgan fingerprint density at radius 1 is 1.13 bits per heavy atom. The van der Waals surface area contributed by atoms with Gasteiger partial charge in [-0.05, 0) is 12.5 Å². The van der Waals surface area contributed by atoms with E-state index in [1.165, 1.54) is 18.0 Å². The van der Waals surface area contributed by atoms with E-state index < -0.39 is 12.1 Å². The Kier molecular flexibility index (Phi) is 6.04. The van der Waals surface area contributed by atoms with Crippen LogP contribution in [0.2, 0.25) is 10.3 Å². The van der Waals surface area contributed by atoms with Crippen LogP contribution in [0.15, 0.2) is 16.5 Å². The average molecular weight is 393 g/mol. The van der Waals surface area contributed by atoms with Crippen molar-refractivity contribution >= 4 is 52.7 Å². The van der Waals surface area contributed by atoms with Gasteiger partial charge in [0.2, 0.25) is 0 Å². The highest BCUT2D eigenvalue weighted by molar-refractivity contribution is 7.98. The van der Waals surface area contributed by atoms with Gasteiger partial charge in [-0.1, -0.05) is 46.7 Å². The molecule has 7 nitrogen and oxygen atoms in total. The van der Waals surface area contributed by atoms with E-state index in [2.05, 4.69) is 19.9 Å². The van der Waals surface area contributed by atoms with Gasteiger partial charge in [-0.3, -0.25) is 0 Å². The molecule has 2 aromatic rings. The summed E-state index contributed by atoms with van der Waals surface area (Å²) < 4.78 is 0. The molecular weight excluding hydrogens is 383 g/mol. The SMILES string of the molecule is CSc1ncc(C(O)c2nc(SC)nc(Cl)c2C(=O)O)c(Cl)n1. The van der Waals surface area contributed by atoms with Crippen LogP contribution < -0.4 is 0 Å². The van der Waals surface area contributed by atoms with Gasteiger partial charge in [-0.15, -0.1) is 0 Å². The lowest BCUT2D eigenvalue weighted by molar-refractivity contribution is 0.0689. The first-order chi connectivity index (χ1) is 10.9. The molecule has 2 N–H and O–H groups in total. The van der Waals surface area contributed by atoms with Crippen LogP contribution in [-0.2, 0) is 0 Å². The third-order valence-corrected chi connectivity index (χ3v) is 4.44. The van der Waals surface area contributed by atoms with E-state index >= 15 is 0 Å². The van der Waals surface area contributed by atoms with E-state index in [0.29, 0.717) is 5.16 Å². The van der Waals surface area contributed by atoms with Crippen LogP contribution in [-0.4, -0.2) is 48.6 Å². The zero-order chi connectivity index (χ0) is 17.1. The predicted molar refractivity (Wildman–Crippen MR) is 88.7 cm³/mol. The minimum absolute atomic E-state index is 0.00799. The van der Waals surface area contributed by atoms with Crippen LogP contribution in [0.4, 0.5) is 0 Å². The van der Waals surface area contributed by atoms with E-state index in [9.17, 15) is 15.0 Å². The summed E-state index contributed by atoms with van der Waals surface area (Å²) in [5.74, 6) is -1.35. The molecular formula is C12H10Cl2N4O3S2. The van der Waals surface area contributed by atoms with Crippen molar-refractivity contribution in [2.45, 2.75) is 16.4 Å². The minimum Gasteiger partial charge on any atom is -0.478 e. The number of carbonyl (C=O) groups is 1. The molecule has 0 amide bonds. The van der Waals surface area contributed by atoms with Crippen LogP contribution in [0.1, 0.15) is 27.7 Å². The number of rotatable bonds is 5. The van der Waals surface area contributed by atoms with Crippen molar-refractivity contribution in [3.8, 4) is 0 Å². The fourth-order valence-electron chi connectivity index (χ4n) is 1.70. The molecule has 0 saturated carbocycles. The Hall–Kier alpha value is -1.13. The number of carboxylic acid groups (broad SMARTS) is 1. The number of nitrogens with zero attached hydrogens (tertiary/aromatic N) is 4. The molecule has 122 valence electrons. The Morgan fingerprint density at radius 3 is 2.26 bits per heavy atom. The zero-order valence-corrected chi connectivity index (χ0v) is 15.0. The number of aromatic carboxylic acids is 1. The van der Waals surface area contributed by atoms with E-state index in [4.69, 9.17) is 23.2 Å². The van der Waals surface area contributed by atoms with E-state index in [1.807, 2.05) is 0 Å². The van der Waals surface area contributed by atoms with Crippen molar-refractivity contribution in [1.82, 2.24) is 19.9 Å². The smallest absolute Gasteiger partial charge is 0.340 e. The summed E-state index contributed by atoms with van der Waals surface area (Å²) in [6, 6.07) is 0. The van der Waals surface area contributed by atoms with Crippen molar-refractivity contribution in [3.63, 3.8) is 0 Å². The Labute approximate surface area is 149 Å². The lowest BCUT2D eigenvalue weighted by Crippen LogP contribution is -2.14. The molecule has 0 fully saturated rings.